The minimum atomic E-state index is -0.321. The van der Waals surface area contributed by atoms with Gasteiger partial charge >= 0.3 is 0 Å². The predicted molar refractivity (Wildman–Crippen MR) is 105 cm³/mol. The van der Waals surface area contributed by atoms with E-state index in [0.717, 1.165) is 36.9 Å². The maximum absolute atomic E-state index is 14.0. The minimum Gasteiger partial charge on any atom is -0.507 e. The third-order valence-corrected chi connectivity index (χ3v) is 5.12. The van der Waals surface area contributed by atoms with Crippen LogP contribution >= 0.6 is 0 Å². The lowest BCUT2D eigenvalue weighted by molar-refractivity contribution is 0.261. The summed E-state index contributed by atoms with van der Waals surface area (Å²) in [5, 5.41) is 24.0. The summed E-state index contributed by atoms with van der Waals surface area (Å²) in [5.41, 5.74) is 2.10. The molecule has 1 saturated heterocycles. The topological polar surface area (TPSA) is 61.3 Å². The van der Waals surface area contributed by atoms with Crippen LogP contribution in [-0.2, 0) is 0 Å². The van der Waals surface area contributed by atoms with Gasteiger partial charge in [0.05, 0.1) is 0 Å². The van der Waals surface area contributed by atoms with Crippen molar-refractivity contribution in [2.75, 3.05) is 25.5 Å². The van der Waals surface area contributed by atoms with Crippen molar-refractivity contribution in [1.29, 1.82) is 0 Å². The predicted octanol–water partition coefficient (Wildman–Crippen LogP) is 3.96. The largest absolute Gasteiger partial charge is 0.507 e. The molecule has 140 valence electrons. The number of nitrogens with one attached hydrogen (secondary N) is 1. The number of piperidine rings is 1. The van der Waals surface area contributed by atoms with Crippen LogP contribution < -0.4 is 5.32 Å². The molecule has 0 bridgehead atoms. The van der Waals surface area contributed by atoms with Gasteiger partial charge in [0.15, 0.2) is 5.82 Å². The van der Waals surface area contributed by atoms with Crippen molar-refractivity contribution < 1.29 is 9.50 Å². The van der Waals surface area contributed by atoms with Crippen molar-refractivity contribution in [2.45, 2.75) is 25.8 Å². The molecule has 5 nitrogen and oxygen atoms in total. The molecule has 0 unspecified atom stereocenters. The van der Waals surface area contributed by atoms with Crippen LogP contribution in [0.4, 0.5) is 10.2 Å². The second-order valence-corrected chi connectivity index (χ2v) is 7.35. The highest BCUT2D eigenvalue weighted by Crippen LogP contribution is 2.35. The first kappa shape index (κ1) is 17.7. The zero-order valence-corrected chi connectivity index (χ0v) is 15.5. The van der Waals surface area contributed by atoms with Crippen LogP contribution in [0.5, 0.6) is 5.75 Å². The van der Waals surface area contributed by atoms with Crippen molar-refractivity contribution in [3.05, 3.63) is 47.8 Å². The normalized spacial score (nSPS) is 18.0. The van der Waals surface area contributed by atoms with Crippen molar-refractivity contribution in [3.8, 4) is 17.0 Å². The molecule has 0 amide bonds. The molecule has 0 saturated carbocycles. The number of fused-ring (bicyclic) bond motifs is 1. The number of halogens is 1. The number of phenols is 1. The molecular weight excluding hydrogens is 343 g/mol. The lowest BCUT2D eigenvalue weighted by Gasteiger charge is -2.30. The van der Waals surface area contributed by atoms with Gasteiger partial charge in [-0.05, 0) is 69.3 Å². The first-order valence-corrected chi connectivity index (χ1v) is 9.22. The highest BCUT2D eigenvalue weighted by molar-refractivity contribution is 6.01. The summed E-state index contributed by atoms with van der Waals surface area (Å²) in [6.07, 6.45) is 2.16. The van der Waals surface area contributed by atoms with Gasteiger partial charge in [-0.1, -0.05) is 6.07 Å². The quantitative estimate of drug-likeness (QED) is 0.735. The average molecular weight is 366 g/mol. The summed E-state index contributed by atoms with van der Waals surface area (Å²) in [6.45, 7) is 3.92. The van der Waals surface area contributed by atoms with Crippen LogP contribution in [0.2, 0.25) is 0 Å². The minimum absolute atomic E-state index is 0.143. The molecule has 1 aromatic heterocycles. The van der Waals surface area contributed by atoms with Crippen LogP contribution in [0.25, 0.3) is 22.0 Å². The van der Waals surface area contributed by atoms with Crippen LogP contribution in [-0.4, -0.2) is 46.4 Å². The Morgan fingerprint density at radius 1 is 1.15 bits per heavy atom. The molecule has 1 aliphatic heterocycles. The number of hydrogen-bond acceptors (Lipinski definition) is 5. The first-order chi connectivity index (χ1) is 13.0. The van der Waals surface area contributed by atoms with E-state index in [1.807, 2.05) is 19.1 Å². The summed E-state index contributed by atoms with van der Waals surface area (Å²) >= 11 is 0. The van der Waals surface area contributed by atoms with Crippen molar-refractivity contribution in [2.24, 2.45) is 0 Å². The second-order valence-electron chi connectivity index (χ2n) is 7.35. The van der Waals surface area contributed by atoms with E-state index in [9.17, 15) is 9.50 Å². The van der Waals surface area contributed by atoms with E-state index in [-0.39, 0.29) is 17.6 Å². The van der Waals surface area contributed by atoms with Crippen LogP contribution in [0.3, 0.4) is 0 Å². The van der Waals surface area contributed by atoms with Crippen molar-refractivity contribution >= 4 is 16.6 Å². The van der Waals surface area contributed by atoms with Crippen LogP contribution in [0, 0.1) is 12.7 Å². The average Bonchev–Trinajstić information content (AvgIpc) is 2.63. The van der Waals surface area contributed by atoms with E-state index >= 15 is 0 Å². The Morgan fingerprint density at radius 2 is 2.00 bits per heavy atom. The van der Waals surface area contributed by atoms with Gasteiger partial charge in [0.25, 0.3) is 0 Å². The summed E-state index contributed by atoms with van der Waals surface area (Å²) < 4.78 is 14.0. The van der Waals surface area contributed by atoms with E-state index in [1.54, 1.807) is 12.1 Å². The van der Waals surface area contributed by atoms with Crippen molar-refractivity contribution in [3.63, 3.8) is 0 Å². The lowest BCUT2D eigenvalue weighted by atomic mass is 10.0. The number of anilines is 1. The Bertz CT molecular complexity index is 991. The molecule has 2 N–H and O–H groups in total. The number of aromatic nitrogens is 2. The summed E-state index contributed by atoms with van der Waals surface area (Å²) in [7, 11) is 2.10. The molecule has 1 fully saturated rings. The van der Waals surface area contributed by atoms with Crippen LogP contribution in [0.15, 0.2) is 36.4 Å². The van der Waals surface area contributed by atoms with E-state index in [0.29, 0.717) is 22.5 Å². The molecule has 4 rings (SSSR count). The maximum Gasteiger partial charge on any atom is 0.156 e. The van der Waals surface area contributed by atoms with Gasteiger partial charge in [0.2, 0.25) is 0 Å². The number of nitrogens with zero attached hydrogens (tertiary/aromatic N) is 3. The monoisotopic (exact) mass is 366 g/mol. The molecule has 27 heavy (non-hydrogen) atoms. The van der Waals surface area contributed by atoms with Gasteiger partial charge in [0.1, 0.15) is 17.3 Å². The molecule has 2 heterocycles. The Morgan fingerprint density at radius 3 is 2.78 bits per heavy atom. The summed E-state index contributed by atoms with van der Waals surface area (Å²) in [4.78, 5) is 2.27. The molecule has 0 spiro atoms. The van der Waals surface area contributed by atoms with Gasteiger partial charge in [0, 0.05) is 28.9 Å². The Labute approximate surface area is 157 Å². The number of aromatic hydroxyl groups is 1. The molecular formula is C21H23FN4O. The van der Waals surface area contributed by atoms with Gasteiger partial charge in [-0.2, -0.15) is 0 Å². The fourth-order valence-corrected chi connectivity index (χ4v) is 3.75. The van der Waals surface area contributed by atoms with E-state index in [4.69, 9.17) is 0 Å². The second kappa shape index (κ2) is 7.12. The van der Waals surface area contributed by atoms with Gasteiger partial charge < -0.3 is 15.3 Å². The number of likely N-dealkylation sites (tertiary alicyclic amines) is 1. The van der Waals surface area contributed by atoms with E-state index in [2.05, 4.69) is 27.5 Å². The van der Waals surface area contributed by atoms with Gasteiger partial charge in [-0.25, -0.2) is 4.39 Å². The molecule has 3 aromatic rings. The fourth-order valence-electron chi connectivity index (χ4n) is 3.75. The smallest absolute Gasteiger partial charge is 0.156 e. The number of aryl methyl sites for hydroxylation is 1. The molecule has 0 aliphatic carbocycles. The fraction of sp³-hybridized carbons (Fsp3) is 0.333. The van der Waals surface area contributed by atoms with Gasteiger partial charge in [-0.15, -0.1) is 10.2 Å². The Hall–Kier alpha value is -2.73. The highest BCUT2D eigenvalue weighted by atomic mass is 19.1. The highest BCUT2D eigenvalue weighted by Gasteiger charge is 2.20. The molecule has 1 aliphatic rings. The SMILES string of the molecule is Cc1ccc(-c2nnc(N[C@@H]3CCCN(C)C3)c3cc(F)ccc23)c(O)c1. The standard InChI is InChI=1S/C21H23FN4O/c1-13-5-7-17(19(27)10-13)20-16-8-6-14(22)11-18(16)21(25-24-20)23-15-4-3-9-26(2)12-15/h5-8,10-11,15,27H,3-4,9,12H2,1-2H3,(H,23,25)/t15-/m1/s1. The molecule has 6 heteroatoms. The third kappa shape index (κ3) is 3.57. The number of hydrogen-bond donors (Lipinski definition) is 2. The first-order valence-electron chi connectivity index (χ1n) is 9.22. The molecule has 0 radical (unpaired) electrons. The Balaban J connectivity index is 1.79. The van der Waals surface area contributed by atoms with Crippen LogP contribution in [0.1, 0.15) is 18.4 Å². The van der Waals surface area contributed by atoms with Crippen molar-refractivity contribution in [1.82, 2.24) is 15.1 Å². The number of rotatable bonds is 3. The Kier molecular flexibility index (Phi) is 4.66. The molecule has 2 aromatic carbocycles. The summed E-state index contributed by atoms with van der Waals surface area (Å²) in [6, 6.07) is 10.3. The van der Waals surface area contributed by atoms with Gasteiger partial charge in [-0.3, -0.25) is 0 Å². The van der Waals surface area contributed by atoms with E-state index in [1.165, 1.54) is 12.1 Å². The zero-order valence-electron chi connectivity index (χ0n) is 15.5. The number of benzene rings is 2. The number of likely N-dealkylation sites (N-methyl/N-ethyl adjacent to an activating group) is 1. The number of phenolic OH excluding ortho intramolecular Hbond substituents is 1. The maximum atomic E-state index is 14.0. The summed E-state index contributed by atoms with van der Waals surface area (Å²) in [5.74, 6) is 0.406. The third-order valence-electron chi connectivity index (χ3n) is 5.12. The zero-order chi connectivity index (χ0) is 19.0. The lowest BCUT2D eigenvalue weighted by Crippen LogP contribution is -2.40. The van der Waals surface area contributed by atoms with E-state index < -0.39 is 0 Å². The molecule has 1 atom stereocenters.